The maximum absolute atomic E-state index is 13.6. The second kappa shape index (κ2) is 10.9. The number of nitrogens with zero attached hydrogens (tertiary/aromatic N) is 4. The van der Waals surface area contributed by atoms with Crippen LogP contribution in [0.1, 0.15) is 25.2 Å². The lowest BCUT2D eigenvalue weighted by molar-refractivity contribution is -0.141. The van der Waals surface area contributed by atoms with Crippen LogP contribution >= 0.6 is 11.6 Å². The van der Waals surface area contributed by atoms with Crippen molar-refractivity contribution in [1.82, 2.24) is 14.7 Å². The number of carbonyl (C=O) groups excluding carboxylic acids is 2. The molecule has 2 aromatic heterocycles. The van der Waals surface area contributed by atoms with Crippen molar-refractivity contribution in [1.29, 1.82) is 5.26 Å². The second-order valence-electron chi connectivity index (χ2n) is 8.74. The number of hydrogen-bond acceptors (Lipinski definition) is 6. The number of benzene rings is 2. The third-order valence-electron chi connectivity index (χ3n) is 6.29. The highest BCUT2D eigenvalue weighted by atomic mass is 35.5. The standard InChI is InChI=1S/C30H23ClN4O4/c1-3-38-27-12-11-20(15-26(27)31)28-21(17-35(33-28)22-8-5-4-6-9-22)14-24-19(2)25(16-32)30(37)34(29(24)36)18-23-10-7-13-39-23/h4-15,17H,3,18H2,1-2H3/b24-14+. The van der Waals surface area contributed by atoms with Crippen molar-refractivity contribution in [3.63, 3.8) is 0 Å². The average molecular weight is 539 g/mol. The molecule has 0 unspecified atom stereocenters. The van der Waals surface area contributed by atoms with E-state index in [1.165, 1.54) is 6.26 Å². The lowest BCUT2D eigenvalue weighted by atomic mass is 9.93. The molecule has 0 saturated carbocycles. The molecule has 194 valence electrons. The number of ether oxygens (including phenoxy) is 1. The van der Waals surface area contributed by atoms with E-state index >= 15 is 0 Å². The zero-order chi connectivity index (χ0) is 27.5. The monoisotopic (exact) mass is 538 g/mol. The van der Waals surface area contributed by atoms with Crippen molar-refractivity contribution in [2.45, 2.75) is 20.4 Å². The molecule has 8 nitrogen and oxygen atoms in total. The maximum Gasteiger partial charge on any atom is 0.272 e. The van der Waals surface area contributed by atoms with Gasteiger partial charge in [-0.15, -0.1) is 0 Å². The maximum atomic E-state index is 13.6. The van der Waals surface area contributed by atoms with Crippen LogP contribution in [-0.2, 0) is 16.1 Å². The van der Waals surface area contributed by atoms with E-state index in [1.54, 1.807) is 48.1 Å². The van der Waals surface area contributed by atoms with Gasteiger partial charge in [-0.3, -0.25) is 14.5 Å². The van der Waals surface area contributed by atoms with Crippen molar-refractivity contribution in [2.24, 2.45) is 0 Å². The first-order valence-electron chi connectivity index (χ1n) is 12.2. The predicted molar refractivity (Wildman–Crippen MR) is 146 cm³/mol. The molecule has 0 spiro atoms. The van der Waals surface area contributed by atoms with Gasteiger partial charge in [0.05, 0.1) is 30.1 Å². The summed E-state index contributed by atoms with van der Waals surface area (Å²) >= 11 is 6.49. The zero-order valence-electron chi connectivity index (χ0n) is 21.2. The van der Waals surface area contributed by atoms with E-state index in [4.69, 9.17) is 25.9 Å². The molecule has 1 aliphatic rings. The van der Waals surface area contributed by atoms with Gasteiger partial charge in [-0.05, 0) is 68.0 Å². The van der Waals surface area contributed by atoms with Crippen molar-refractivity contribution in [3.8, 4) is 28.8 Å². The second-order valence-corrected chi connectivity index (χ2v) is 9.14. The van der Waals surface area contributed by atoms with Gasteiger partial charge in [0.1, 0.15) is 28.8 Å². The van der Waals surface area contributed by atoms with Gasteiger partial charge in [-0.1, -0.05) is 29.8 Å². The van der Waals surface area contributed by atoms with Gasteiger partial charge in [0.2, 0.25) is 0 Å². The SMILES string of the molecule is CCOc1ccc(-c2nn(-c3ccccc3)cc2/C=C2/C(=O)N(Cc3ccco3)C(=O)C(C#N)=C2C)cc1Cl. The van der Waals surface area contributed by atoms with E-state index in [0.717, 1.165) is 10.6 Å². The molecule has 9 heteroatoms. The molecule has 0 radical (unpaired) electrons. The Hall–Kier alpha value is -4.87. The molecule has 1 aliphatic heterocycles. The molecule has 0 atom stereocenters. The Morgan fingerprint density at radius 3 is 2.56 bits per heavy atom. The number of furan rings is 1. The zero-order valence-corrected chi connectivity index (χ0v) is 22.0. The Morgan fingerprint density at radius 1 is 1.10 bits per heavy atom. The summed E-state index contributed by atoms with van der Waals surface area (Å²) in [6.45, 7) is 3.86. The fourth-order valence-corrected chi connectivity index (χ4v) is 4.57. The molecule has 3 heterocycles. The number of amides is 2. The molecule has 0 aliphatic carbocycles. The van der Waals surface area contributed by atoms with E-state index in [-0.39, 0.29) is 17.7 Å². The van der Waals surface area contributed by atoms with Crippen molar-refractivity contribution in [2.75, 3.05) is 6.61 Å². The third kappa shape index (κ3) is 5.00. The van der Waals surface area contributed by atoms with Crippen LogP contribution in [0.15, 0.2) is 94.3 Å². The summed E-state index contributed by atoms with van der Waals surface area (Å²) in [5.41, 5.74) is 3.09. The van der Waals surface area contributed by atoms with Crippen molar-refractivity contribution in [3.05, 3.63) is 106 Å². The minimum atomic E-state index is -0.660. The Bertz CT molecular complexity index is 1660. The highest BCUT2D eigenvalue weighted by molar-refractivity contribution is 6.32. The van der Waals surface area contributed by atoms with Gasteiger partial charge in [-0.25, -0.2) is 4.68 Å². The van der Waals surface area contributed by atoms with E-state index in [1.807, 2.05) is 49.4 Å². The lowest BCUT2D eigenvalue weighted by Crippen LogP contribution is -2.42. The Morgan fingerprint density at radius 2 is 1.90 bits per heavy atom. The van der Waals surface area contributed by atoms with E-state index in [2.05, 4.69) is 0 Å². The molecule has 0 saturated heterocycles. The van der Waals surface area contributed by atoms with Crippen LogP contribution in [0.3, 0.4) is 0 Å². The third-order valence-corrected chi connectivity index (χ3v) is 6.58. The first-order chi connectivity index (χ1) is 18.9. The molecule has 0 bridgehead atoms. The van der Waals surface area contributed by atoms with Crippen LogP contribution in [0.5, 0.6) is 5.75 Å². The quantitative estimate of drug-likeness (QED) is 0.212. The number of carbonyl (C=O) groups is 2. The minimum Gasteiger partial charge on any atom is -0.492 e. The Labute approximate surface area is 230 Å². The van der Waals surface area contributed by atoms with Gasteiger partial charge < -0.3 is 9.15 Å². The minimum absolute atomic E-state index is 0.0922. The fourth-order valence-electron chi connectivity index (χ4n) is 4.34. The smallest absolute Gasteiger partial charge is 0.272 e. The first kappa shape index (κ1) is 25.8. The van der Waals surface area contributed by atoms with Crippen LogP contribution in [-0.4, -0.2) is 33.1 Å². The highest BCUT2D eigenvalue weighted by Gasteiger charge is 2.36. The largest absolute Gasteiger partial charge is 0.492 e. The average Bonchev–Trinajstić information content (AvgIpc) is 3.61. The van der Waals surface area contributed by atoms with E-state index in [0.29, 0.717) is 45.5 Å². The fraction of sp³-hybridized carbons (Fsp3) is 0.133. The first-order valence-corrected chi connectivity index (χ1v) is 12.6. The number of imide groups is 1. The molecule has 0 fully saturated rings. The summed E-state index contributed by atoms with van der Waals surface area (Å²) in [7, 11) is 0. The topological polar surface area (TPSA) is 101 Å². The van der Waals surface area contributed by atoms with Gasteiger partial charge in [0.25, 0.3) is 11.8 Å². The van der Waals surface area contributed by atoms with Crippen molar-refractivity contribution < 1.29 is 18.7 Å². The molecular weight excluding hydrogens is 516 g/mol. The Kier molecular flexibility index (Phi) is 7.17. The summed E-state index contributed by atoms with van der Waals surface area (Å²) in [6.07, 6.45) is 4.91. The summed E-state index contributed by atoms with van der Waals surface area (Å²) in [6, 6.07) is 20.2. The van der Waals surface area contributed by atoms with Crippen LogP contribution in [0.2, 0.25) is 5.02 Å². The molecule has 2 amide bonds. The Balaban J connectivity index is 1.66. The molecule has 39 heavy (non-hydrogen) atoms. The van der Waals surface area contributed by atoms with Crippen LogP contribution in [0.4, 0.5) is 0 Å². The van der Waals surface area contributed by atoms with Gasteiger partial charge in [0.15, 0.2) is 0 Å². The van der Waals surface area contributed by atoms with E-state index in [9.17, 15) is 14.9 Å². The summed E-state index contributed by atoms with van der Waals surface area (Å²) < 4.78 is 12.6. The normalized spacial score (nSPS) is 14.7. The van der Waals surface area contributed by atoms with Crippen LogP contribution in [0, 0.1) is 11.3 Å². The number of rotatable bonds is 7. The molecule has 5 rings (SSSR count). The van der Waals surface area contributed by atoms with Gasteiger partial charge >= 0.3 is 0 Å². The van der Waals surface area contributed by atoms with Gasteiger partial charge in [-0.2, -0.15) is 10.4 Å². The summed E-state index contributed by atoms with van der Waals surface area (Å²) in [4.78, 5) is 27.7. The highest BCUT2D eigenvalue weighted by Crippen LogP contribution is 2.34. The number of aromatic nitrogens is 2. The number of nitriles is 1. The number of para-hydroxylation sites is 1. The molecule has 2 aromatic carbocycles. The summed E-state index contributed by atoms with van der Waals surface area (Å²) in [5.74, 6) is -0.213. The lowest BCUT2D eigenvalue weighted by Gasteiger charge is -2.26. The number of hydrogen-bond donors (Lipinski definition) is 0. The van der Waals surface area contributed by atoms with Crippen molar-refractivity contribution >= 4 is 29.5 Å². The van der Waals surface area contributed by atoms with Crippen LogP contribution in [0.25, 0.3) is 23.0 Å². The molecule has 0 N–H and O–H groups in total. The van der Waals surface area contributed by atoms with Crippen LogP contribution < -0.4 is 4.74 Å². The summed E-state index contributed by atoms with van der Waals surface area (Å²) in [5, 5.41) is 15.0. The van der Waals surface area contributed by atoms with E-state index < -0.39 is 11.8 Å². The predicted octanol–water partition coefficient (Wildman–Crippen LogP) is 5.98. The van der Waals surface area contributed by atoms with Gasteiger partial charge in [0, 0.05) is 22.9 Å². The number of halogens is 1. The molecule has 4 aromatic rings. The molecular formula is C30H23ClN4O4.